The van der Waals surface area contributed by atoms with Crippen LogP contribution in [0.5, 0.6) is 0 Å². The monoisotopic (exact) mass is 524 g/mol. The highest BCUT2D eigenvalue weighted by Crippen LogP contribution is 2.46. The molecule has 0 spiro atoms. The number of hydrogen-bond acceptors (Lipinski definition) is 0. The van der Waals surface area contributed by atoms with Crippen molar-refractivity contribution in [3.05, 3.63) is 127 Å². The van der Waals surface area contributed by atoms with Gasteiger partial charge in [-0.25, -0.2) is 0 Å². The summed E-state index contributed by atoms with van der Waals surface area (Å²) in [6.45, 7) is 0. The van der Waals surface area contributed by atoms with Crippen molar-refractivity contribution in [1.29, 1.82) is 0 Å². The quantitative estimate of drug-likeness (QED) is 0.203. The molecule has 0 radical (unpaired) electrons. The van der Waals surface area contributed by atoms with E-state index >= 15 is 0 Å². The zero-order valence-corrected chi connectivity index (χ0v) is 21.6. The molecule has 3 nitrogen and oxygen atoms in total. The Balaban J connectivity index is 1.43. The van der Waals surface area contributed by atoms with Crippen molar-refractivity contribution in [3.63, 3.8) is 0 Å². The highest BCUT2D eigenvalue weighted by atomic mass is 15.0. The Morgan fingerprint density at radius 1 is 0.488 bits per heavy atom. The van der Waals surface area contributed by atoms with Gasteiger partial charge in [0.2, 0.25) is 0 Å². The zero-order chi connectivity index (χ0) is 30.7. The molecule has 0 fully saturated rings. The molecule has 5 aromatic heterocycles. The van der Waals surface area contributed by atoms with Gasteiger partial charge >= 0.3 is 0 Å². The maximum Gasteiger partial charge on any atom is 0.0645 e. The van der Waals surface area contributed by atoms with Gasteiger partial charge in [-0.15, -0.1) is 0 Å². The van der Waals surface area contributed by atoms with Gasteiger partial charge in [-0.05, 0) is 48.5 Å². The summed E-state index contributed by atoms with van der Waals surface area (Å²) in [6.07, 6.45) is 2.12. The first kappa shape index (κ1) is 16.5. The van der Waals surface area contributed by atoms with Crippen LogP contribution in [0.2, 0.25) is 0 Å². The van der Waals surface area contributed by atoms with Gasteiger partial charge in [-0.1, -0.05) is 72.7 Å². The number of rotatable bonds is 1. The smallest absolute Gasteiger partial charge is 0.0645 e. The summed E-state index contributed by atoms with van der Waals surface area (Å²) < 4.78 is 49.8. The molecule has 6 aromatic carbocycles. The molecule has 0 atom stereocenters. The topological polar surface area (TPSA) is 13.8 Å². The van der Waals surface area contributed by atoms with E-state index in [0.717, 1.165) is 60.0 Å². The van der Waals surface area contributed by atoms with E-state index in [1.807, 2.05) is 22.8 Å². The highest BCUT2D eigenvalue weighted by molar-refractivity contribution is 6.32. The van der Waals surface area contributed by atoms with Gasteiger partial charge in [-0.2, -0.15) is 0 Å². The lowest BCUT2D eigenvalue weighted by atomic mass is 10.0. The van der Waals surface area contributed by atoms with Crippen LogP contribution >= 0.6 is 0 Å². The number of hydrogen-bond donors (Lipinski definition) is 0. The standard InChI is InChI=1S/C38H21N3/c1-2-9-23(10-3-1)40-31-15-6-5-12-25(31)29-19-22-17-18-39-33-20-28-27-14-8-13-26-24-11-4-7-16-32(24)41(37(26)27)34(28)21-30(33)35(36(22)39)38(29)40/h1-21H/i1D,2D,3D,9D,10D. The van der Waals surface area contributed by atoms with Gasteiger partial charge in [0.1, 0.15) is 0 Å². The van der Waals surface area contributed by atoms with E-state index in [1.54, 1.807) is 0 Å². The third-order valence-corrected chi connectivity index (χ3v) is 9.18. The second-order valence-electron chi connectivity index (χ2n) is 11.0. The van der Waals surface area contributed by atoms with E-state index in [0.29, 0.717) is 0 Å². The van der Waals surface area contributed by atoms with Gasteiger partial charge in [-0.3, -0.25) is 0 Å². The maximum atomic E-state index is 8.98. The van der Waals surface area contributed by atoms with Crippen LogP contribution < -0.4 is 0 Å². The Labute approximate surface area is 240 Å². The molecule has 11 aromatic rings. The number of para-hydroxylation sites is 4. The van der Waals surface area contributed by atoms with Crippen molar-refractivity contribution in [2.45, 2.75) is 0 Å². The van der Waals surface area contributed by atoms with E-state index in [-0.39, 0.29) is 29.9 Å². The fourth-order valence-electron chi connectivity index (χ4n) is 7.66. The number of fused-ring (bicyclic) bond motifs is 13. The van der Waals surface area contributed by atoms with Crippen LogP contribution in [0.4, 0.5) is 0 Å². The normalized spacial score (nSPS) is 14.6. The summed E-state index contributed by atoms with van der Waals surface area (Å²) in [4.78, 5) is 0. The van der Waals surface area contributed by atoms with E-state index < -0.39 is 6.04 Å². The van der Waals surface area contributed by atoms with Crippen molar-refractivity contribution in [3.8, 4) is 5.69 Å². The second-order valence-corrected chi connectivity index (χ2v) is 11.0. The largest absolute Gasteiger partial charge is 0.315 e. The van der Waals surface area contributed by atoms with Crippen LogP contribution in [-0.4, -0.2) is 13.4 Å². The number of benzene rings is 6. The van der Waals surface area contributed by atoms with Crippen molar-refractivity contribution in [2.24, 2.45) is 0 Å². The molecule has 0 bridgehead atoms. The molecular weight excluding hydrogens is 498 g/mol. The Kier molecular flexibility index (Phi) is 2.73. The van der Waals surface area contributed by atoms with Crippen LogP contribution in [0, 0.1) is 0 Å². The predicted molar refractivity (Wildman–Crippen MR) is 173 cm³/mol. The Morgan fingerprint density at radius 3 is 2.05 bits per heavy atom. The Bertz CT molecular complexity index is 3120. The van der Waals surface area contributed by atoms with Gasteiger partial charge in [0.25, 0.3) is 0 Å². The SMILES string of the molecule is [2H]c1c([2H])c([2H])c(-n2c3ccccc3c3cc4ccn5c6cc7c8cccc9c%10ccccc%10n(c7cc6c(c32)c45)c98)c([2H])c1[2H]. The molecule has 0 aliphatic carbocycles. The summed E-state index contributed by atoms with van der Waals surface area (Å²) in [5.41, 5.74) is 7.42. The van der Waals surface area contributed by atoms with Crippen LogP contribution in [-0.2, 0) is 0 Å². The fraction of sp³-hybridized carbons (Fsp3) is 0. The molecule has 41 heavy (non-hydrogen) atoms. The van der Waals surface area contributed by atoms with Crippen molar-refractivity contribution in [1.82, 2.24) is 13.4 Å². The summed E-state index contributed by atoms with van der Waals surface area (Å²) >= 11 is 0. The molecule has 3 heteroatoms. The fourth-order valence-corrected chi connectivity index (χ4v) is 7.66. The molecule has 11 rings (SSSR count). The van der Waals surface area contributed by atoms with Gasteiger partial charge < -0.3 is 13.4 Å². The van der Waals surface area contributed by atoms with Crippen molar-refractivity contribution < 1.29 is 6.85 Å². The first-order chi connectivity index (χ1) is 22.4. The molecular formula is C38H21N3. The molecule has 0 aliphatic rings. The lowest BCUT2D eigenvalue weighted by molar-refractivity contribution is 1.19. The van der Waals surface area contributed by atoms with Crippen molar-refractivity contribution >= 4 is 87.1 Å². The van der Waals surface area contributed by atoms with Gasteiger partial charge in [0.15, 0.2) is 0 Å². The van der Waals surface area contributed by atoms with Crippen LogP contribution in [0.3, 0.4) is 0 Å². The highest BCUT2D eigenvalue weighted by Gasteiger charge is 2.24. The van der Waals surface area contributed by atoms with E-state index in [4.69, 9.17) is 6.85 Å². The molecule has 0 saturated heterocycles. The summed E-state index contributed by atoms with van der Waals surface area (Å²) in [6, 6.07) is 30.4. The average molecular weight is 525 g/mol. The minimum Gasteiger partial charge on any atom is -0.315 e. The lowest BCUT2D eigenvalue weighted by Crippen LogP contribution is -1.93. The molecule has 0 amide bonds. The number of aromatic nitrogens is 3. The zero-order valence-electron chi connectivity index (χ0n) is 26.6. The third-order valence-electron chi connectivity index (χ3n) is 9.18. The molecule has 5 heterocycles. The average Bonchev–Trinajstić information content (AvgIpc) is 3.88. The van der Waals surface area contributed by atoms with E-state index in [2.05, 4.69) is 87.8 Å². The minimum atomic E-state index is -0.397. The van der Waals surface area contributed by atoms with Crippen LogP contribution in [0.1, 0.15) is 6.85 Å². The summed E-state index contributed by atoms with van der Waals surface area (Å²) in [5.74, 6) is 0. The van der Waals surface area contributed by atoms with E-state index in [1.165, 1.54) is 27.1 Å². The van der Waals surface area contributed by atoms with Crippen LogP contribution in [0.15, 0.2) is 127 Å². The molecule has 0 unspecified atom stereocenters. The second kappa shape index (κ2) is 6.78. The molecule has 188 valence electrons. The summed E-state index contributed by atoms with van der Waals surface area (Å²) in [5, 5.41) is 9.95. The number of nitrogens with zero attached hydrogens (tertiary/aromatic N) is 3. The maximum absolute atomic E-state index is 8.98. The lowest BCUT2D eigenvalue weighted by Gasteiger charge is -2.09. The molecule has 0 aliphatic heterocycles. The first-order valence-electron chi connectivity index (χ1n) is 16.3. The first-order valence-corrected chi connectivity index (χ1v) is 13.8. The Morgan fingerprint density at radius 2 is 1.20 bits per heavy atom. The third kappa shape index (κ3) is 2.23. The minimum absolute atomic E-state index is 0.158. The predicted octanol–water partition coefficient (Wildman–Crippen LogP) is 9.93. The van der Waals surface area contributed by atoms with Crippen LogP contribution in [0.25, 0.3) is 92.8 Å². The van der Waals surface area contributed by atoms with Gasteiger partial charge in [0, 0.05) is 60.4 Å². The van der Waals surface area contributed by atoms with Crippen molar-refractivity contribution in [2.75, 3.05) is 0 Å². The summed E-state index contributed by atoms with van der Waals surface area (Å²) in [7, 11) is 0. The molecule has 0 saturated carbocycles. The Hall–Kier alpha value is -5.54. The van der Waals surface area contributed by atoms with Gasteiger partial charge in [0.05, 0.1) is 45.5 Å². The molecule has 0 N–H and O–H groups in total. The van der Waals surface area contributed by atoms with E-state index in [9.17, 15) is 0 Å².